The van der Waals surface area contributed by atoms with Crippen molar-refractivity contribution in [1.29, 1.82) is 0 Å². The number of carbonyl (C=O) groups excluding carboxylic acids is 3. The molecule has 2 aromatic heterocycles. The van der Waals surface area contributed by atoms with Gasteiger partial charge in [-0.3, -0.25) is 14.9 Å². The van der Waals surface area contributed by atoms with E-state index in [-0.39, 0.29) is 17.9 Å². The first-order valence-electron chi connectivity index (χ1n) is 14.0. The van der Waals surface area contributed by atoms with E-state index in [1.807, 2.05) is 20.8 Å². The monoisotopic (exact) mass is 526 g/mol. The molecule has 4 rings (SSSR count). The van der Waals surface area contributed by atoms with E-state index in [2.05, 4.69) is 42.3 Å². The summed E-state index contributed by atoms with van der Waals surface area (Å²) in [5, 5.41) is 6.40. The smallest absolute Gasteiger partial charge is 0.407 e. The van der Waals surface area contributed by atoms with Gasteiger partial charge < -0.3 is 19.5 Å². The summed E-state index contributed by atoms with van der Waals surface area (Å²) in [4.78, 5) is 47.6. The highest BCUT2D eigenvalue weighted by Gasteiger charge is 2.46. The Labute approximate surface area is 224 Å². The lowest BCUT2D eigenvalue weighted by molar-refractivity contribution is -0.134. The molecule has 0 bridgehead atoms. The number of unbranched alkanes of at least 4 members (excludes halogenated alkanes) is 5. The Balaban J connectivity index is 1.21. The summed E-state index contributed by atoms with van der Waals surface area (Å²) < 4.78 is 7.44. The maximum absolute atomic E-state index is 12.8. The lowest BCUT2D eigenvalue weighted by Crippen LogP contribution is -2.43. The second kappa shape index (κ2) is 12.1. The molecule has 2 fully saturated rings. The molecule has 10 heteroatoms. The van der Waals surface area contributed by atoms with Crippen LogP contribution in [0.4, 0.5) is 10.6 Å². The molecular formula is C28H42N6O4. The number of amides is 3. The van der Waals surface area contributed by atoms with Gasteiger partial charge in [-0.2, -0.15) is 0 Å². The van der Waals surface area contributed by atoms with Gasteiger partial charge in [0.2, 0.25) is 11.8 Å². The number of rotatable bonds is 10. The average Bonchev–Trinajstić information content (AvgIpc) is 3.43. The van der Waals surface area contributed by atoms with Crippen molar-refractivity contribution in [2.45, 2.75) is 97.1 Å². The highest BCUT2D eigenvalue weighted by molar-refractivity contribution is 5.99. The van der Waals surface area contributed by atoms with E-state index >= 15 is 0 Å². The summed E-state index contributed by atoms with van der Waals surface area (Å²) in [5.74, 6) is 0.570. The van der Waals surface area contributed by atoms with E-state index in [0.717, 1.165) is 87.7 Å². The van der Waals surface area contributed by atoms with Crippen LogP contribution >= 0.6 is 0 Å². The molecular weight excluding hydrogens is 484 g/mol. The molecule has 0 aromatic carbocycles. The minimum Gasteiger partial charge on any atom is -0.444 e. The van der Waals surface area contributed by atoms with E-state index < -0.39 is 11.0 Å². The van der Waals surface area contributed by atoms with Crippen molar-refractivity contribution < 1.29 is 19.1 Å². The van der Waals surface area contributed by atoms with Crippen LogP contribution in [0, 0.1) is 5.41 Å². The van der Waals surface area contributed by atoms with Crippen molar-refractivity contribution in [3.8, 4) is 0 Å². The number of nitrogens with one attached hydrogen (secondary N) is 2. The molecule has 1 atom stereocenters. The van der Waals surface area contributed by atoms with Crippen molar-refractivity contribution in [3.63, 3.8) is 0 Å². The number of fused-ring (bicyclic) bond motifs is 1. The molecule has 2 aliphatic rings. The summed E-state index contributed by atoms with van der Waals surface area (Å²) in [7, 11) is 0. The predicted octanol–water partition coefficient (Wildman–Crippen LogP) is 4.32. The minimum absolute atomic E-state index is 0.135. The number of carbonyl (C=O) groups is 3. The number of aryl methyl sites for hydroxylation is 1. The van der Waals surface area contributed by atoms with Gasteiger partial charge in [0.05, 0.1) is 10.8 Å². The number of hydrogen-bond donors (Lipinski definition) is 2. The number of hydrogen-bond acceptors (Lipinski definition) is 7. The van der Waals surface area contributed by atoms with Crippen LogP contribution in [0.5, 0.6) is 0 Å². The third-order valence-electron chi connectivity index (χ3n) is 7.48. The standard InChI is InChI=1S/C28H42N6O4/c1-27(2,3)38-26(37)29-15-8-6-4-5-7-9-16-33-17-12-21-23(33)30-20-31-24(21)34-18-14-28(19-34)13-10-11-22(35)32-25(28)36/h12,17,20H,4-11,13-16,18-19H2,1-3H3,(H,29,37)(H,32,35,36). The van der Waals surface area contributed by atoms with Gasteiger partial charge in [0.25, 0.3) is 0 Å². The van der Waals surface area contributed by atoms with Crippen LogP contribution in [0.3, 0.4) is 0 Å². The summed E-state index contributed by atoms with van der Waals surface area (Å²) in [6.07, 6.45) is 12.5. The molecule has 2 N–H and O–H groups in total. The molecule has 10 nitrogen and oxygen atoms in total. The highest BCUT2D eigenvalue weighted by Crippen LogP contribution is 2.40. The zero-order valence-corrected chi connectivity index (χ0v) is 23.1. The van der Waals surface area contributed by atoms with Crippen molar-refractivity contribution in [3.05, 3.63) is 18.6 Å². The van der Waals surface area contributed by atoms with Gasteiger partial charge in [-0.05, 0) is 58.9 Å². The van der Waals surface area contributed by atoms with Crippen molar-refractivity contribution in [2.24, 2.45) is 5.41 Å². The normalized spacial score (nSPS) is 20.1. The number of aromatic nitrogens is 3. The molecule has 3 amide bonds. The van der Waals surface area contributed by atoms with Crippen molar-refractivity contribution >= 4 is 34.8 Å². The maximum atomic E-state index is 12.8. The number of imide groups is 1. The molecule has 1 spiro atoms. The first kappa shape index (κ1) is 27.9. The quantitative estimate of drug-likeness (QED) is 0.350. The van der Waals surface area contributed by atoms with Gasteiger partial charge in [0, 0.05) is 38.8 Å². The summed E-state index contributed by atoms with van der Waals surface area (Å²) in [5.41, 5.74) is -0.0584. The minimum atomic E-state index is -0.516. The van der Waals surface area contributed by atoms with Gasteiger partial charge in [0.15, 0.2) is 0 Å². The predicted molar refractivity (Wildman–Crippen MR) is 146 cm³/mol. The molecule has 4 heterocycles. The van der Waals surface area contributed by atoms with E-state index in [1.54, 1.807) is 6.33 Å². The molecule has 0 saturated carbocycles. The molecule has 2 aliphatic heterocycles. The Morgan fingerprint density at radius 2 is 1.87 bits per heavy atom. The Bertz CT molecular complexity index is 1140. The van der Waals surface area contributed by atoms with Crippen LogP contribution in [0.1, 0.15) is 85.0 Å². The van der Waals surface area contributed by atoms with E-state index in [0.29, 0.717) is 19.5 Å². The first-order chi connectivity index (χ1) is 18.2. The third kappa shape index (κ3) is 7.02. The van der Waals surface area contributed by atoms with E-state index in [4.69, 9.17) is 4.74 Å². The molecule has 2 saturated heterocycles. The molecule has 0 aliphatic carbocycles. The summed E-state index contributed by atoms with van der Waals surface area (Å²) >= 11 is 0. The number of ether oxygens (including phenoxy) is 1. The average molecular weight is 527 g/mol. The molecule has 208 valence electrons. The highest BCUT2D eigenvalue weighted by atomic mass is 16.6. The molecule has 38 heavy (non-hydrogen) atoms. The topological polar surface area (TPSA) is 118 Å². The van der Waals surface area contributed by atoms with Gasteiger partial charge in [-0.25, -0.2) is 14.8 Å². The van der Waals surface area contributed by atoms with Gasteiger partial charge in [-0.1, -0.05) is 25.7 Å². The van der Waals surface area contributed by atoms with E-state index in [1.165, 1.54) is 0 Å². The Morgan fingerprint density at radius 1 is 1.11 bits per heavy atom. The van der Waals surface area contributed by atoms with Crippen LogP contribution < -0.4 is 15.5 Å². The van der Waals surface area contributed by atoms with Crippen LogP contribution in [0.2, 0.25) is 0 Å². The fourth-order valence-electron chi connectivity index (χ4n) is 5.51. The summed E-state index contributed by atoms with van der Waals surface area (Å²) in [6.45, 7) is 8.45. The molecule has 0 radical (unpaired) electrons. The fraction of sp³-hybridized carbons (Fsp3) is 0.679. The SMILES string of the molecule is CC(C)(C)OC(=O)NCCCCCCCCn1ccc2c(N3CCC4(CCCC(=O)NC4=O)C3)ncnc21. The van der Waals surface area contributed by atoms with Gasteiger partial charge >= 0.3 is 6.09 Å². The van der Waals surface area contributed by atoms with Crippen LogP contribution in [-0.2, 0) is 20.9 Å². The number of anilines is 1. The molecule has 2 aromatic rings. The number of nitrogens with zero attached hydrogens (tertiary/aromatic N) is 4. The van der Waals surface area contributed by atoms with Crippen LogP contribution in [-0.4, -0.2) is 57.7 Å². The Hall–Kier alpha value is -3.17. The zero-order valence-electron chi connectivity index (χ0n) is 23.1. The maximum Gasteiger partial charge on any atom is 0.407 e. The van der Waals surface area contributed by atoms with Gasteiger partial charge in [0.1, 0.15) is 23.4 Å². The molecule has 1 unspecified atom stereocenters. The zero-order chi connectivity index (χ0) is 27.2. The van der Waals surface area contributed by atoms with Crippen molar-refractivity contribution in [1.82, 2.24) is 25.2 Å². The number of alkyl carbamates (subject to hydrolysis) is 1. The third-order valence-corrected chi connectivity index (χ3v) is 7.48. The van der Waals surface area contributed by atoms with Crippen LogP contribution in [0.15, 0.2) is 18.6 Å². The fourth-order valence-corrected chi connectivity index (χ4v) is 5.51. The second-order valence-electron chi connectivity index (χ2n) is 11.7. The second-order valence-corrected chi connectivity index (χ2v) is 11.7. The lowest BCUT2D eigenvalue weighted by Gasteiger charge is -2.26. The van der Waals surface area contributed by atoms with Crippen molar-refractivity contribution in [2.75, 3.05) is 24.5 Å². The largest absolute Gasteiger partial charge is 0.444 e. The Kier molecular flexibility index (Phi) is 8.89. The van der Waals surface area contributed by atoms with Crippen LogP contribution in [0.25, 0.3) is 11.0 Å². The van der Waals surface area contributed by atoms with E-state index in [9.17, 15) is 14.4 Å². The first-order valence-corrected chi connectivity index (χ1v) is 14.0. The summed E-state index contributed by atoms with van der Waals surface area (Å²) in [6, 6.07) is 2.07. The Morgan fingerprint density at radius 3 is 2.66 bits per heavy atom. The van der Waals surface area contributed by atoms with Gasteiger partial charge in [-0.15, -0.1) is 0 Å². The lowest BCUT2D eigenvalue weighted by atomic mass is 9.82.